The molecule has 0 aliphatic heterocycles. The number of aromatic hydroxyl groups is 1. The summed E-state index contributed by atoms with van der Waals surface area (Å²) in [5, 5.41) is 10.8. The van der Waals surface area contributed by atoms with Gasteiger partial charge in [0.25, 0.3) is 5.91 Å². The Bertz CT molecular complexity index is 1240. The van der Waals surface area contributed by atoms with Crippen LogP contribution in [0.15, 0.2) is 75.1 Å². The molecule has 0 saturated heterocycles. The van der Waals surface area contributed by atoms with Crippen molar-refractivity contribution in [3.05, 3.63) is 83.3 Å². The van der Waals surface area contributed by atoms with E-state index >= 15 is 0 Å². The van der Waals surface area contributed by atoms with E-state index in [0.29, 0.717) is 12.3 Å². The molecule has 0 spiro atoms. The average Bonchev–Trinajstić information content (AvgIpc) is 3.23. The molecule has 35 heavy (non-hydrogen) atoms. The van der Waals surface area contributed by atoms with E-state index in [-0.39, 0.29) is 40.0 Å². The quantitative estimate of drug-likeness (QED) is 0.351. The molecular weight excluding hydrogens is 442 g/mol. The molecule has 1 atom stereocenters. The molecule has 0 aliphatic rings. The minimum atomic E-state index is -0.391. The van der Waals surface area contributed by atoms with Gasteiger partial charge in [0.15, 0.2) is 17.4 Å². The molecule has 0 fully saturated rings. The zero-order valence-electron chi connectivity index (χ0n) is 20.8. The van der Waals surface area contributed by atoms with Gasteiger partial charge in [0.1, 0.15) is 23.2 Å². The average molecular weight is 476 g/mol. The van der Waals surface area contributed by atoms with E-state index < -0.39 is 6.04 Å². The molecule has 0 unspecified atom stereocenters. The van der Waals surface area contributed by atoms with Gasteiger partial charge >= 0.3 is 0 Å². The number of nitrogens with zero attached hydrogens (tertiary/aromatic N) is 3. The fourth-order valence-electron chi connectivity index (χ4n) is 3.61. The Labute approximate surface area is 206 Å². The van der Waals surface area contributed by atoms with Crippen molar-refractivity contribution in [2.45, 2.75) is 40.3 Å². The smallest absolute Gasteiger partial charge is 0.257 e. The third-order valence-corrected chi connectivity index (χ3v) is 5.48. The Balaban J connectivity index is 1.87. The van der Waals surface area contributed by atoms with Gasteiger partial charge in [0.2, 0.25) is 0 Å². The van der Waals surface area contributed by atoms with Crippen molar-refractivity contribution in [2.75, 3.05) is 7.05 Å². The lowest BCUT2D eigenvalue weighted by Gasteiger charge is -2.26. The molecule has 1 aromatic heterocycles. The van der Waals surface area contributed by atoms with Crippen molar-refractivity contribution in [1.82, 2.24) is 4.90 Å². The van der Waals surface area contributed by atoms with Crippen LogP contribution in [-0.4, -0.2) is 34.6 Å². The zero-order valence-corrected chi connectivity index (χ0v) is 20.8. The highest BCUT2D eigenvalue weighted by Gasteiger charge is 2.29. The predicted molar refractivity (Wildman–Crippen MR) is 139 cm³/mol. The highest BCUT2D eigenvalue weighted by molar-refractivity contribution is 6.39. The Morgan fingerprint density at radius 1 is 1.03 bits per heavy atom. The number of benzene rings is 2. The van der Waals surface area contributed by atoms with Crippen molar-refractivity contribution in [2.24, 2.45) is 26.9 Å². The van der Waals surface area contributed by atoms with E-state index in [1.165, 1.54) is 4.90 Å². The molecule has 2 aromatic carbocycles. The van der Waals surface area contributed by atoms with Crippen LogP contribution in [0.1, 0.15) is 54.3 Å². The van der Waals surface area contributed by atoms with Crippen molar-refractivity contribution < 1.29 is 14.3 Å². The second-order valence-corrected chi connectivity index (χ2v) is 9.55. The summed E-state index contributed by atoms with van der Waals surface area (Å²) < 4.78 is 5.77. The van der Waals surface area contributed by atoms with Crippen molar-refractivity contribution in [3.63, 3.8) is 0 Å². The molecular formula is C27H33N5O3. The van der Waals surface area contributed by atoms with Gasteiger partial charge in [-0.15, -0.1) is 0 Å². The van der Waals surface area contributed by atoms with Crippen LogP contribution in [0.4, 0.5) is 5.69 Å². The minimum absolute atomic E-state index is 0.0105. The van der Waals surface area contributed by atoms with Crippen molar-refractivity contribution in [1.29, 1.82) is 0 Å². The molecule has 3 aromatic rings. The molecule has 0 radical (unpaired) electrons. The number of nitrogens with two attached hydrogens (primary N) is 2. The number of aryl methyl sites for hydroxylation is 1. The lowest BCUT2D eigenvalue weighted by atomic mass is 9.85. The summed E-state index contributed by atoms with van der Waals surface area (Å²) in [6.07, 6.45) is 0. The van der Waals surface area contributed by atoms with Crippen LogP contribution in [0, 0.1) is 12.3 Å². The highest BCUT2D eigenvalue weighted by atomic mass is 16.3. The van der Waals surface area contributed by atoms with E-state index in [0.717, 1.165) is 11.3 Å². The molecule has 8 nitrogen and oxygen atoms in total. The van der Waals surface area contributed by atoms with Crippen LogP contribution >= 0.6 is 0 Å². The number of hydrogen-bond acceptors (Lipinski definition) is 5. The maximum absolute atomic E-state index is 13.0. The van der Waals surface area contributed by atoms with Gasteiger partial charge in [0.05, 0.1) is 5.56 Å². The SMILES string of the molecule is Cc1ccc([C@H](N=C(N)C(N)=Nc2cccc(C(=O)N(C)Cc3ccccc3)c2O)C(C)(C)C)o1. The monoisotopic (exact) mass is 475 g/mol. The highest BCUT2D eigenvalue weighted by Crippen LogP contribution is 2.37. The van der Waals surface area contributed by atoms with Gasteiger partial charge in [-0.1, -0.05) is 57.2 Å². The van der Waals surface area contributed by atoms with E-state index in [9.17, 15) is 9.90 Å². The maximum atomic E-state index is 13.0. The van der Waals surface area contributed by atoms with Crippen LogP contribution in [0.5, 0.6) is 5.75 Å². The first kappa shape index (κ1) is 25.6. The van der Waals surface area contributed by atoms with Gasteiger partial charge in [-0.2, -0.15) is 0 Å². The number of hydrogen-bond donors (Lipinski definition) is 3. The Hall–Kier alpha value is -4.07. The van der Waals surface area contributed by atoms with Gasteiger partial charge in [-0.25, -0.2) is 4.99 Å². The first-order valence-electron chi connectivity index (χ1n) is 11.3. The molecule has 1 heterocycles. The van der Waals surface area contributed by atoms with Crippen LogP contribution < -0.4 is 11.5 Å². The molecule has 3 rings (SSSR count). The standard InChI is InChI=1S/C27H33N5O3/c1-17-14-15-21(35-17)23(27(2,3)4)31-25(29)24(28)30-20-13-9-12-19(22(20)33)26(34)32(5)16-18-10-7-6-8-11-18/h6-15,23,33H,16H2,1-5H3,(H2,28,30)(H2,29,31)/t23-/m0/s1. The number of amides is 1. The van der Waals surface area contributed by atoms with Gasteiger partial charge in [-0.3, -0.25) is 9.79 Å². The summed E-state index contributed by atoms with van der Waals surface area (Å²) in [7, 11) is 1.67. The largest absolute Gasteiger partial charge is 0.505 e. The molecule has 8 heteroatoms. The van der Waals surface area contributed by atoms with Crippen LogP contribution in [0.3, 0.4) is 0 Å². The summed E-state index contributed by atoms with van der Waals surface area (Å²) in [6, 6.07) is 17.7. The van der Waals surface area contributed by atoms with Crippen LogP contribution in [0.2, 0.25) is 0 Å². The van der Waals surface area contributed by atoms with Crippen molar-refractivity contribution in [3.8, 4) is 5.75 Å². The molecule has 184 valence electrons. The second kappa shape index (κ2) is 10.5. The van der Waals surface area contributed by atoms with Crippen LogP contribution in [0.25, 0.3) is 0 Å². The predicted octanol–water partition coefficient (Wildman–Crippen LogP) is 4.70. The summed E-state index contributed by atoms with van der Waals surface area (Å²) in [4.78, 5) is 23.4. The number of furan rings is 1. The summed E-state index contributed by atoms with van der Waals surface area (Å²) in [6.45, 7) is 8.32. The fraction of sp³-hybridized carbons (Fsp3) is 0.296. The third-order valence-electron chi connectivity index (χ3n) is 5.48. The summed E-state index contributed by atoms with van der Waals surface area (Å²) in [5.74, 6) is 0.763. The Morgan fingerprint density at radius 3 is 2.31 bits per heavy atom. The third kappa shape index (κ3) is 6.29. The lowest BCUT2D eigenvalue weighted by molar-refractivity contribution is 0.0782. The fourth-order valence-corrected chi connectivity index (χ4v) is 3.61. The number of amidine groups is 2. The lowest BCUT2D eigenvalue weighted by Crippen LogP contribution is -2.33. The number of aliphatic imine (C=N–C) groups is 2. The van der Waals surface area contributed by atoms with E-state index in [2.05, 4.69) is 9.98 Å². The van der Waals surface area contributed by atoms with Gasteiger partial charge < -0.3 is 25.9 Å². The Kier molecular flexibility index (Phi) is 7.64. The molecule has 0 saturated carbocycles. The summed E-state index contributed by atoms with van der Waals surface area (Å²) >= 11 is 0. The second-order valence-electron chi connectivity index (χ2n) is 9.55. The van der Waals surface area contributed by atoms with Gasteiger partial charge in [0, 0.05) is 13.6 Å². The molecule has 5 N–H and O–H groups in total. The normalized spacial score (nSPS) is 13.5. The number of carbonyl (C=O) groups is 1. The van der Waals surface area contributed by atoms with Crippen LogP contribution in [-0.2, 0) is 6.54 Å². The first-order valence-corrected chi connectivity index (χ1v) is 11.3. The number of para-hydroxylation sites is 1. The topological polar surface area (TPSA) is 130 Å². The van der Waals surface area contributed by atoms with Gasteiger partial charge in [-0.05, 0) is 42.2 Å². The number of phenols is 1. The molecule has 1 amide bonds. The number of carbonyl (C=O) groups excluding carboxylic acids is 1. The number of phenolic OH excluding ortho intramolecular Hbond substituents is 1. The molecule has 0 bridgehead atoms. The number of rotatable bonds is 6. The Morgan fingerprint density at radius 2 is 1.71 bits per heavy atom. The van der Waals surface area contributed by atoms with E-state index in [4.69, 9.17) is 15.9 Å². The maximum Gasteiger partial charge on any atom is 0.257 e. The first-order chi connectivity index (χ1) is 16.5. The van der Waals surface area contributed by atoms with Crippen molar-refractivity contribution >= 4 is 23.3 Å². The molecule has 0 aliphatic carbocycles. The zero-order chi connectivity index (χ0) is 25.8. The summed E-state index contributed by atoms with van der Waals surface area (Å²) in [5.41, 5.74) is 13.2. The van der Waals surface area contributed by atoms with E-state index in [1.54, 1.807) is 25.2 Å². The van der Waals surface area contributed by atoms with E-state index in [1.807, 2.05) is 70.2 Å². The minimum Gasteiger partial charge on any atom is -0.505 e.